The smallest absolute Gasteiger partial charge is 0.149 e. The molecule has 0 spiro atoms. The summed E-state index contributed by atoms with van der Waals surface area (Å²) < 4.78 is 24.6. The Morgan fingerprint density at radius 2 is 1.81 bits per heavy atom. The maximum atomic E-state index is 11.4. The summed E-state index contributed by atoms with van der Waals surface area (Å²) >= 11 is 0. The molecule has 5 nitrogen and oxygen atoms in total. The molecule has 0 aliphatic carbocycles. The van der Waals surface area contributed by atoms with Crippen LogP contribution in [0.3, 0.4) is 0 Å². The van der Waals surface area contributed by atoms with Crippen LogP contribution in [-0.4, -0.2) is 35.7 Å². The Morgan fingerprint density at radius 3 is 2.24 bits per heavy atom. The molecule has 0 amide bonds. The third-order valence-corrected chi connectivity index (χ3v) is 4.31. The summed E-state index contributed by atoms with van der Waals surface area (Å²) in [5.41, 5.74) is 3.48. The molecule has 0 radical (unpaired) electrons. The number of aromatic nitrogens is 2. The van der Waals surface area contributed by atoms with E-state index in [0.29, 0.717) is 6.54 Å². The van der Waals surface area contributed by atoms with Crippen LogP contribution >= 0.6 is 0 Å². The van der Waals surface area contributed by atoms with E-state index in [4.69, 9.17) is 0 Å². The van der Waals surface area contributed by atoms with Gasteiger partial charge in [-0.3, -0.25) is 4.68 Å². The lowest BCUT2D eigenvalue weighted by molar-refractivity contribution is 0.422. The molecule has 1 rings (SSSR count). The minimum atomic E-state index is -2.97. The highest BCUT2D eigenvalue weighted by Crippen LogP contribution is 2.17. The summed E-state index contributed by atoms with van der Waals surface area (Å²) in [7, 11) is -2.97. The molecule has 0 fully saturated rings. The number of nitrogens with zero attached hydrogens (tertiary/aromatic N) is 2. The highest BCUT2D eigenvalue weighted by molar-refractivity contribution is 7.90. The molecule has 1 N–H and O–H groups in total. The van der Waals surface area contributed by atoms with E-state index >= 15 is 0 Å². The van der Waals surface area contributed by atoms with E-state index in [2.05, 4.69) is 45.0 Å². The summed E-state index contributed by atoms with van der Waals surface area (Å²) in [6.45, 7) is 11.8. The number of aryl methyl sites for hydroxylation is 2. The quantitative estimate of drug-likeness (QED) is 0.835. The first-order valence-corrected chi connectivity index (χ1v) is 9.63. The van der Waals surface area contributed by atoms with E-state index in [9.17, 15) is 8.42 Å². The summed E-state index contributed by atoms with van der Waals surface area (Å²) in [6.07, 6.45) is 2.99. The van der Waals surface area contributed by atoms with E-state index in [1.165, 1.54) is 11.8 Å². The van der Waals surface area contributed by atoms with Crippen molar-refractivity contribution in [3.63, 3.8) is 0 Å². The van der Waals surface area contributed by atoms with Crippen LogP contribution in [0, 0.1) is 0 Å². The maximum Gasteiger partial charge on any atom is 0.149 e. The second-order valence-corrected chi connectivity index (χ2v) is 8.80. The molecule has 6 heteroatoms. The first-order chi connectivity index (χ1) is 9.57. The molecule has 0 unspecified atom stereocenters. The fraction of sp³-hybridized carbons (Fsp3) is 0.800. The van der Waals surface area contributed by atoms with Crippen LogP contribution in [-0.2, 0) is 35.8 Å². The first kappa shape index (κ1) is 18.2. The van der Waals surface area contributed by atoms with Crippen LogP contribution in [0.25, 0.3) is 0 Å². The van der Waals surface area contributed by atoms with Gasteiger partial charge in [-0.05, 0) is 33.6 Å². The van der Waals surface area contributed by atoms with Gasteiger partial charge in [-0.2, -0.15) is 5.10 Å². The molecule has 0 bridgehead atoms. The van der Waals surface area contributed by atoms with Crippen molar-refractivity contribution in [3.05, 3.63) is 17.0 Å². The number of nitrogens with one attached hydrogen (secondary N) is 1. The van der Waals surface area contributed by atoms with E-state index in [0.717, 1.165) is 30.8 Å². The van der Waals surface area contributed by atoms with Gasteiger partial charge in [0.15, 0.2) is 0 Å². The van der Waals surface area contributed by atoms with Crippen molar-refractivity contribution in [1.82, 2.24) is 15.1 Å². The van der Waals surface area contributed by atoms with E-state index in [1.54, 1.807) is 0 Å². The van der Waals surface area contributed by atoms with Crippen molar-refractivity contribution in [3.8, 4) is 0 Å². The molecule has 1 heterocycles. The number of rotatable bonds is 7. The van der Waals surface area contributed by atoms with Crippen molar-refractivity contribution in [2.45, 2.75) is 66.1 Å². The maximum absolute atomic E-state index is 11.4. The lowest BCUT2D eigenvalue weighted by atomic mass is 10.1. The number of sulfone groups is 1. The van der Waals surface area contributed by atoms with Gasteiger partial charge in [0.1, 0.15) is 9.84 Å². The molecule has 0 saturated heterocycles. The standard InChI is InChI=1S/C15H29N3O2S/c1-7-13-12(11-16-15(3,4)5)14(8-2)18(17-13)9-10-21(6,19)20/h16H,7-11H2,1-6H3. The van der Waals surface area contributed by atoms with Crippen LogP contribution in [0.4, 0.5) is 0 Å². The molecule has 21 heavy (non-hydrogen) atoms. The molecular weight excluding hydrogens is 286 g/mol. The predicted molar refractivity (Wildman–Crippen MR) is 87.3 cm³/mol. The predicted octanol–water partition coefficient (Wildman–Crippen LogP) is 1.94. The van der Waals surface area contributed by atoms with Crippen molar-refractivity contribution < 1.29 is 8.42 Å². The SMILES string of the molecule is CCc1nn(CCS(C)(=O)=O)c(CC)c1CNC(C)(C)C. The molecule has 0 aliphatic heterocycles. The lowest BCUT2D eigenvalue weighted by Gasteiger charge is -2.21. The van der Waals surface area contributed by atoms with E-state index < -0.39 is 9.84 Å². The van der Waals surface area contributed by atoms with Crippen LogP contribution in [0.15, 0.2) is 0 Å². The largest absolute Gasteiger partial charge is 0.308 e. The van der Waals surface area contributed by atoms with Gasteiger partial charge < -0.3 is 5.32 Å². The van der Waals surface area contributed by atoms with Crippen LogP contribution < -0.4 is 5.32 Å². The summed E-state index contributed by atoms with van der Waals surface area (Å²) in [4.78, 5) is 0. The van der Waals surface area contributed by atoms with E-state index in [-0.39, 0.29) is 11.3 Å². The topological polar surface area (TPSA) is 64.0 Å². The van der Waals surface area contributed by atoms with Gasteiger partial charge in [-0.25, -0.2) is 8.42 Å². The minimum absolute atomic E-state index is 0.0465. The zero-order valence-corrected chi connectivity index (χ0v) is 15.0. The first-order valence-electron chi connectivity index (χ1n) is 7.57. The monoisotopic (exact) mass is 315 g/mol. The average molecular weight is 315 g/mol. The fourth-order valence-corrected chi connectivity index (χ4v) is 2.77. The molecule has 1 aromatic rings. The molecule has 0 atom stereocenters. The van der Waals surface area contributed by atoms with Gasteiger partial charge in [0.2, 0.25) is 0 Å². The van der Waals surface area contributed by atoms with Gasteiger partial charge in [-0.15, -0.1) is 0 Å². The minimum Gasteiger partial charge on any atom is -0.308 e. The average Bonchev–Trinajstić information content (AvgIpc) is 2.69. The van der Waals surface area contributed by atoms with Gasteiger partial charge in [0.25, 0.3) is 0 Å². The Hall–Kier alpha value is -0.880. The molecule has 0 saturated carbocycles. The highest BCUT2D eigenvalue weighted by Gasteiger charge is 2.18. The Balaban J connectivity index is 3.03. The third kappa shape index (κ3) is 5.79. The molecule has 1 aromatic heterocycles. The van der Waals surface area contributed by atoms with Crippen molar-refractivity contribution in [2.75, 3.05) is 12.0 Å². The Morgan fingerprint density at radius 1 is 1.19 bits per heavy atom. The third-order valence-electron chi connectivity index (χ3n) is 3.39. The summed E-state index contributed by atoms with van der Waals surface area (Å²) in [5.74, 6) is 0.136. The van der Waals surface area contributed by atoms with Gasteiger partial charge in [-0.1, -0.05) is 13.8 Å². The molecule has 0 aliphatic rings. The van der Waals surface area contributed by atoms with Crippen molar-refractivity contribution >= 4 is 9.84 Å². The number of hydrogen-bond donors (Lipinski definition) is 1. The summed E-state index contributed by atoms with van der Waals surface area (Å²) in [6, 6.07) is 0. The molecule has 0 aromatic carbocycles. The van der Waals surface area contributed by atoms with Gasteiger partial charge >= 0.3 is 0 Å². The second kappa shape index (κ2) is 6.92. The molecule has 122 valence electrons. The highest BCUT2D eigenvalue weighted by atomic mass is 32.2. The van der Waals surface area contributed by atoms with Crippen molar-refractivity contribution in [2.24, 2.45) is 0 Å². The Kier molecular flexibility index (Phi) is 5.99. The lowest BCUT2D eigenvalue weighted by Crippen LogP contribution is -2.35. The van der Waals surface area contributed by atoms with Gasteiger partial charge in [0.05, 0.1) is 18.0 Å². The van der Waals surface area contributed by atoms with Crippen LogP contribution in [0.1, 0.15) is 51.6 Å². The summed E-state index contributed by atoms with van der Waals surface area (Å²) in [5, 5.41) is 8.12. The fourth-order valence-electron chi connectivity index (χ4n) is 2.26. The Bertz CT molecular complexity index is 568. The van der Waals surface area contributed by atoms with Gasteiger partial charge in [0, 0.05) is 29.6 Å². The van der Waals surface area contributed by atoms with Crippen LogP contribution in [0.2, 0.25) is 0 Å². The zero-order chi connectivity index (χ0) is 16.3. The second-order valence-electron chi connectivity index (χ2n) is 6.54. The van der Waals surface area contributed by atoms with Crippen molar-refractivity contribution in [1.29, 1.82) is 0 Å². The van der Waals surface area contributed by atoms with Crippen LogP contribution in [0.5, 0.6) is 0 Å². The molecular formula is C15H29N3O2S. The zero-order valence-electron chi connectivity index (χ0n) is 14.2. The number of hydrogen-bond acceptors (Lipinski definition) is 4. The van der Waals surface area contributed by atoms with E-state index in [1.807, 2.05) is 4.68 Å². The normalized spacial score (nSPS) is 12.9. The Labute approximate surface area is 129 Å².